The molecular formula is C17H20N2. The lowest BCUT2D eigenvalue weighted by atomic mass is 9.90. The highest BCUT2D eigenvalue weighted by Gasteiger charge is 2.21. The Hall–Kier alpha value is -1.83. The number of rotatable bonds is 0. The zero-order chi connectivity index (χ0) is 13.8. The van der Waals surface area contributed by atoms with Crippen molar-refractivity contribution in [2.45, 2.75) is 40.0 Å². The smallest absolute Gasteiger partial charge is 0.145 e. The van der Waals surface area contributed by atoms with Gasteiger partial charge in [0.05, 0.1) is 5.69 Å². The summed E-state index contributed by atoms with van der Waals surface area (Å²) in [5, 5.41) is 2.50. The van der Waals surface area contributed by atoms with Crippen LogP contribution in [-0.4, -0.2) is 9.38 Å². The Balaban J connectivity index is 2.59. The fourth-order valence-electron chi connectivity index (χ4n) is 2.68. The number of aryl methyl sites for hydroxylation is 2. The zero-order valence-corrected chi connectivity index (χ0v) is 12.3. The zero-order valence-electron chi connectivity index (χ0n) is 12.3. The molecule has 19 heavy (non-hydrogen) atoms. The van der Waals surface area contributed by atoms with Crippen molar-refractivity contribution >= 4 is 16.4 Å². The van der Waals surface area contributed by atoms with Crippen LogP contribution in [0.4, 0.5) is 0 Å². The third-order valence-corrected chi connectivity index (χ3v) is 3.85. The van der Waals surface area contributed by atoms with Crippen molar-refractivity contribution in [3.63, 3.8) is 0 Å². The molecule has 0 N–H and O–H groups in total. The molecule has 2 nitrogen and oxygen atoms in total. The molecule has 0 atom stereocenters. The normalized spacial score (nSPS) is 12.5. The number of fused-ring (bicyclic) bond motifs is 3. The van der Waals surface area contributed by atoms with Crippen LogP contribution in [0.3, 0.4) is 0 Å². The molecule has 3 aromatic rings. The minimum atomic E-state index is 0.0974. The summed E-state index contributed by atoms with van der Waals surface area (Å²) in [4.78, 5) is 4.78. The minimum absolute atomic E-state index is 0.0974. The van der Waals surface area contributed by atoms with Crippen LogP contribution < -0.4 is 0 Å². The first-order valence-electron chi connectivity index (χ1n) is 6.77. The molecule has 0 saturated heterocycles. The van der Waals surface area contributed by atoms with Gasteiger partial charge in [0.2, 0.25) is 0 Å². The number of nitrogens with zero attached hydrogens (tertiary/aromatic N) is 2. The summed E-state index contributed by atoms with van der Waals surface area (Å²) in [5.41, 5.74) is 4.85. The molecule has 0 saturated carbocycles. The molecule has 2 heterocycles. The van der Waals surface area contributed by atoms with Crippen LogP contribution in [0.25, 0.3) is 16.4 Å². The van der Waals surface area contributed by atoms with E-state index < -0.39 is 0 Å². The first kappa shape index (κ1) is 12.2. The third-order valence-electron chi connectivity index (χ3n) is 3.85. The van der Waals surface area contributed by atoms with Gasteiger partial charge in [0.25, 0.3) is 0 Å². The number of benzene rings is 1. The van der Waals surface area contributed by atoms with Gasteiger partial charge in [0, 0.05) is 22.2 Å². The molecule has 0 aliphatic rings. The summed E-state index contributed by atoms with van der Waals surface area (Å²) >= 11 is 0. The second-order valence-electron chi connectivity index (χ2n) is 6.31. The predicted molar refractivity (Wildman–Crippen MR) is 80.9 cm³/mol. The maximum atomic E-state index is 4.78. The van der Waals surface area contributed by atoms with Gasteiger partial charge in [-0.3, -0.25) is 0 Å². The Bertz CT molecular complexity index is 773. The first-order chi connectivity index (χ1) is 8.89. The van der Waals surface area contributed by atoms with Crippen LogP contribution in [0, 0.1) is 13.8 Å². The SMILES string of the molecule is Cc1nc2c3ccccc3cc(C(C)(C)C)n2c1C. The van der Waals surface area contributed by atoms with E-state index in [0.29, 0.717) is 0 Å². The monoisotopic (exact) mass is 252 g/mol. The van der Waals surface area contributed by atoms with Gasteiger partial charge in [-0.2, -0.15) is 0 Å². The number of aromatic nitrogens is 2. The Labute approximate surface area is 114 Å². The van der Waals surface area contributed by atoms with E-state index in [0.717, 1.165) is 11.3 Å². The Morgan fingerprint density at radius 2 is 1.74 bits per heavy atom. The number of imidazole rings is 1. The maximum Gasteiger partial charge on any atom is 0.145 e. The van der Waals surface area contributed by atoms with Crippen LogP contribution in [0.2, 0.25) is 0 Å². The molecule has 98 valence electrons. The molecule has 0 bridgehead atoms. The molecule has 0 aliphatic heterocycles. The van der Waals surface area contributed by atoms with E-state index in [1.165, 1.54) is 22.2 Å². The van der Waals surface area contributed by atoms with Gasteiger partial charge in [-0.1, -0.05) is 45.0 Å². The third kappa shape index (κ3) is 1.74. The van der Waals surface area contributed by atoms with Gasteiger partial charge in [-0.05, 0) is 25.3 Å². The summed E-state index contributed by atoms with van der Waals surface area (Å²) < 4.78 is 2.32. The first-order valence-corrected chi connectivity index (χ1v) is 6.77. The van der Waals surface area contributed by atoms with Crippen molar-refractivity contribution in [2.75, 3.05) is 0 Å². The van der Waals surface area contributed by atoms with Crippen LogP contribution in [0.5, 0.6) is 0 Å². The number of pyridine rings is 1. The second kappa shape index (κ2) is 3.83. The van der Waals surface area contributed by atoms with Crippen molar-refractivity contribution in [1.82, 2.24) is 9.38 Å². The lowest BCUT2D eigenvalue weighted by Crippen LogP contribution is -2.17. The number of hydrogen-bond donors (Lipinski definition) is 0. The Morgan fingerprint density at radius 1 is 1.05 bits per heavy atom. The standard InChI is InChI=1S/C17H20N2/c1-11-12(2)19-15(17(3,4)5)10-13-8-6-7-9-14(13)16(19)18-11/h6-10H,1-5H3. The van der Waals surface area contributed by atoms with E-state index in [1.54, 1.807) is 0 Å². The van der Waals surface area contributed by atoms with Gasteiger partial charge in [0.1, 0.15) is 5.65 Å². The summed E-state index contributed by atoms with van der Waals surface area (Å²) in [5.74, 6) is 0. The average Bonchev–Trinajstić information content (AvgIpc) is 2.64. The number of hydrogen-bond acceptors (Lipinski definition) is 1. The van der Waals surface area contributed by atoms with Gasteiger partial charge in [-0.15, -0.1) is 0 Å². The minimum Gasteiger partial charge on any atom is -0.300 e. The summed E-state index contributed by atoms with van der Waals surface area (Å²) in [6, 6.07) is 10.8. The molecule has 0 radical (unpaired) electrons. The predicted octanol–water partition coefficient (Wildman–Crippen LogP) is 4.40. The molecular weight excluding hydrogens is 232 g/mol. The van der Waals surface area contributed by atoms with Gasteiger partial charge < -0.3 is 4.40 Å². The molecule has 0 amide bonds. The van der Waals surface area contributed by atoms with Crippen molar-refractivity contribution in [2.24, 2.45) is 0 Å². The quantitative estimate of drug-likeness (QED) is 0.579. The highest BCUT2D eigenvalue weighted by molar-refractivity contribution is 5.94. The van der Waals surface area contributed by atoms with Crippen LogP contribution in [-0.2, 0) is 5.41 Å². The van der Waals surface area contributed by atoms with E-state index in [1.807, 2.05) is 0 Å². The summed E-state index contributed by atoms with van der Waals surface area (Å²) in [6.07, 6.45) is 0. The van der Waals surface area contributed by atoms with Crippen molar-refractivity contribution < 1.29 is 0 Å². The highest BCUT2D eigenvalue weighted by atomic mass is 15.0. The van der Waals surface area contributed by atoms with Gasteiger partial charge in [0.15, 0.2) is 0 Å². The average molecular weight is 252 g/mol. The second-order valence-corrected chi connectivity index (χ2v) is 6.31. The lowest BCUT2D eigenvalue weighted by Gasteiger charge is -2.22. The lowest BCUT2D eigenvalue weighted by molar-refractivity contribution is 0.560. The maximum absolute atomic E-state index is 4.78. The molecule has 0 fully saturated rings. The fourth-order valence-corrected chi connectivity index (χ4v) is 2.68. The summed E-state index contributed by atoms with van der Waals surface area (Å²) in [7, 11) is 0. The molecule has 1 aromatic carbocycles. The van der Waals surface area contributed by atoms with Crippen LogP contribution in [0.15, 0.2) is 30.3 Å². The molecule has 0 spiro atoms. The van der Waals surface area contributed by atoms with E-state index in [4.69, 9.17) is 4.98 Å². The Kier molecular flexibility index (Phi) is 2.46. The van der Waals surface area contributed by atoms with Crippen molar-refractivity contribution in [3.05, 3.63) is 47.4 Å². The van der Waals surface area contributed by atoms with E-state index in [2.05, 4.69) is 69.4 Å². The van der Waals surface area contributed by atoms with Crippen LogP contribution >= 0.6 is 0 Å². The van der Waals surface area contributed by atoms with Crippen molar-refractivity contribution in [3.8, 4) is 0 Å². The van der Waals surface area contributed by atoms with Crippen molar-refractivity contribution in [1.29, 1.82) is 0 Å². The molecule has 2 aromatic heterocycles. The Morgan fingerprint density at radius 3 is 2.42 bits per heavy atom. The molecule has 3 rings (SSSR count). The fraction of sp³-hybridized carbons (Fsp3) is 0.353. The van der Waals surface area contributed by atoms with E-state index >= 15 is 0 Å². The van der Waals surface area contributed by atoms with Gasteiger partial charge in [-0.25, -0.2) is 4.98 Å². The molecule has 0 aliphatic carbocycles. The summed E-state index contributed by atoms with van der Waals surface area (Å²) in [6.45, 7) is 11.0. The van der Waals surface area contributed by atoms with Gasteiger partial charge >= 0.3 is 0 Å². The largest absolute Gasteiger partial charge is 0.300 e. The van der Waals surface area contributed by atoms with E-state index in [-0.39, 0.29) is 5.41 Å². The molecule has 2 heteroatoms. The van der Waals surface area contributed by atoms with E-state index in [9.17, 15) is 0 Å². The molecule has 0 unspecified atom stereocenters. The highest BCUT2D eigenvalue weighted by Crippen LogP contribution is 2.30. The topological polar surface area (TPSA) is 17.3 Å². The van der Waals surface area contributed by atoms with Crippen LogP contribution in [0.1, 0.15) is 37.9 Å².